The lowest BCUT2D eigenvalue weighted by molar-refractivity contribution is 0.730. The average molecular weight is 241 g/mol. The van der Waals surface area contributed by atoms with Crippen LogP contribution in [0, 0.1) is 13.8 Å². The number of fused-ring (bicyclic) bond motifs is 1. The molecule has 3 rings (SSSR count). The number of benzene rings is 1. The smallest absolute Gasteiger partial charge is 0.207 e. The first kappa shape index (κ1) is 10.8. The largest absolute Gasteiger partial charge is 0.369 e. The number of aryl methyl sites for hydroxylation is 3. The van der Waals surface area contributed by atoms with E-state index in [0.717, 1.165) is 22.5 Å². The van der Waals surface area contributed by atoms with Gasteiger partial charge in [0.1, 0.15) is 0 Å². The van der Waals surface area contributed by atoms with Crippen LogP contribution in [0.4, 0.5) is 5.95 Å². The first-order valence-electron chi connectivity index (χ1n) is 5.82. The van der Waals surface area contributed by atoms with E-state index in [-0.39, 0.29) is 0 Å². The van der Waals surface area contributed by atoms with Crippen molar-refractivity contribution in [2.75, 3.05) is 5.73 Å². The van der Waals surface area contributed by atoms with E-state index in [1.54, 1.807) is 0 Å². The van der Waals surface area contributed by atoms with Crippen molar-refractivity contribution < 1.29 is 0 Å². The van der Waals surface area contributed by atoms with Crippen molar-refractivity contribution in [1.29, 1.82) is 0 Å². The lowest BCUT2D eigenvalue weighted by Crippen LogP contribution is -2.02. The normalized spacial score (nSPS) is 11.3. The number of imidazole rings is 1. The highest BCUT2D eigenvalue weighted by atomic mass is 15.3. The van der Waals surface area contributed by atoms with E-state index in [1.807, 2.05) is 41.4 Å². The number of hydrogen-bond donors (Lipinski definition) is 1. The predicted molar refractivity (Wildman–Crippen MR) is 71.7 cm³/mol. The molecule has 0 aliphatic heterocycles. The van der Waals surface area contributed by atoms with E-state index >= 15 is 0 Å². The fourth-order valence-corrected chi connectivity index (χ4v) is 2.10. The van der Waals surface area contributed by atoms with Gasteiger partial charge in [0, 0.05) is 18.8 Å². The summed E-state index contributed by atoms with van der Waals surface area (Å²) in [6.07, 6.45) is 0. The molecule has 0 aliphatic carbocycles. The summed E-state index contributed by atoms with van der Waals surface area (Å²) in [5.41, 5.74) is 10.1. The van der Waals surface area contributed by atoms with Crippen LogP contribution in [0.5, 0.6) is 0 Å². The summed E-state index contributed by atoms with van der Waals surface area (Å²) in [4.78, 5) is 4.36. The standard InChI is InChI=1S/C13H15N5/c1-8-4-5-10-11(6-8)18(13(14)15-10)12-7-9(2)17(3)16-12/h4-7H,1-3H3,(H2,14,15). The molecule has 5 heteroatoms. The van der Waals surface area contributed by atoms with Crippen molar-refractivity contribution in [3.8, 4) is 5.82 Å². The Kier molecular flexibility index (Phi) is 2.16. The van der Waals surface area contributed by atoms with Gasteiger partial charge in [-0.1, -0.05) is 6.07 Å². The van der Waals surface area contributed by atoms with E-state index in [4.69, 9.17) is 5.73 Å². The van der Waals surface area contributed by atoms with Crippen molar-refractivity contribution in [3.05, 3.63) is 35.5 Å². The highest BCUT2D eigenvalue weighted by Gasteiger charge is 2.13. The van der Waals surface area contributed by atoms with Crippen LogP contribution in [-0.2, 0) is 7.05 Å². The predicted octanol–water partition coefficient (Wildman–Crippen LogP) is 1.96. The molecule has 0 bridgehead atoms. The molecular weight excluding hydrogens is 226 g/mol. The molecule has 3 aromatic rings. The quantitative estimate of drug-likeness (QED) is 0.708. The number of nitrogen functional groups attached to an aromatic ring is 1. The maximum absolute atomic E-state index is 6.00. The Morgan fingerprint density at radius 2 is 1.94 bits per heavy atom. The number of nitrogens with zero attached hydrogens (tertiary/aromatic N) is 4. The van der Waals surface area contributed by atoms with Gasteiger partial charge >= 0.3 is 0 Å². The van der Waals surface area contributed by atoms with Crippen molar-refractivity contribution in [3.63, 3.8) is 0 Å². The SMILES string of the molecule is Cc1ccc2nc(N)n(-c3cc(C)n(C)n3)c2c1. The van der Waals surface area contributed by atoms with Crippen LogP contribution in [0.2, 0.25) is 0 Å². The fraction of sp³-hybridized carbons (Fsp3) is 0.231. The average Bonchev–Trinajstić information content (AvgIpc) is 2.79. The molecule has 0 fully saturated rings. The van der Waals surface area contributed by atoms with Gasteiger partial charge in [-0.3, -0.25) is 9.25 Å². The third-order valence-corrected chi connectivity index (χ3v) is 3.17. The monoisotopic (exact) mass is 241 g/mol. The number of hydrogen-bond acceptors (Lipinski definition) is 3. The van der Waals surface area contributed by atoms with Crippen molar-refractivity contribution >= 4 is 17.0 Å². The Labute approximate surface area is 105 Å². The van der Waals surface area contributed by atoms with Crippen LogP contribution >= 0.6 is 0 Å². The molecule has 1 aromatic carbocycles. The molecule has 0 saturated heterocycles. The minimum absolute atomic E-state index is 0.466. The maximum atomic E-state index is 6.00. The van der Waals surface area contributed by atoms with Gasteiger partial charge in [-0.25, -0.2) is 4.98 Å². The highest BCUT2D eigenvalue weighted by Crippen LogP contribution is 2.23. The number of rotatable bonds is 1. The highest BCUT2D eigenvalue weighted by molar-refractivity contribution is 5.81. The zero-order valence-electron chi connectivity index (χ0n) is 10.7. The molecular formula is C13H15N5. The summed E-state index contributed by atoms with van der Waals surface area (Å²) in [5.74, 6) is 1.27. The van der Waals surface area contributed by atoms with Gasteiger partial charge in [0.25, 0.3) is 0 Å². The van der Waals surface area contributed by atoms with Crippen molar-refractivity contribution in [1.82, 2.24) is 19.3 Å². The zero-order chi connectivity index (χ0) is 12.9. The molecule has 0 amide bonds. The third kappa shape index (κ3) is 1.48. The summed E-state index contributed by atoms with van der Waals surface area (Å²) in [6, 6.07) is 8.08. The molecule has 0 spiro atoms. The van der Waals surface area contributed by atoms with Gasteiger partial charge in [0.05, 0.1) is 11.0 Å². The molecule has 0 unspecified atom stereocenters. The summed E-state index contributed by atoms with van der Waals surface area (Å²) < 4.78 is 3.71. The molecule has 0 atom stereocenters. The number of aromatic nitrogens is 4. The zero-order valence-corrected chi connectivity index (χ0v) is 10.7. The summed E-state index contributed by atoms with van der Waals surface area (Å²) in [7, 11) is 1.92. The molecule has 2 N–H and O–H groups in total. The second-order valence-electron chi connectivity index (χ2n) is 4.57. The second-order valence-corrected chi connectivity index (χ2v) is 4.57. The molecule has 5 nitrogen and oxygen atoms in total. The molecule has 0 radical (unpaired) electrons. The van der Waals surface area contributed by atoms with Gasteiger partial charge in [-0.05, 0) is 31.5 Å². The lowest BCUT2D eigenvalue weighted by atomic mass is 10.2. The van der Waals surface area contributed by atoms with Gasteiger partial charge < -0.3 is 5.73 Å². The van der Waals surface area contributed by atoms with E-state index in [1.165, 1.54) is 5.56 Å². The van der Waals surface area contributed by atoms with Gasteiger partial charge in [-0.2, -0.15) is 5.10 Å². The molecule has 18 heavy (non-hydrogen) atoms. The molecule has 0 aliphatic rings. The Bertz CT molecular complexity index is 716. The van der Waals surface area contributed by atoms with Gasteiger partial charge in [-0.15, -0.1) is 0 Å². The Balaban J connectivity index is 2.33. The van der Waals surface area contributed by atoms with Crippen molar-refractivity contribution in [2.45, 2.75) is 13.8 Å². The number of anilines is 1. The van der Waals surface area contributed by atoms with Crippen LogP contribution in [0.25, 0.3) is 16.9 Å². The molecule has 2 heterocycles. The Morgan fingerprint density at radius 1 is 1.17 bits per heavy atom. The summed E-state index contributed by atoms with van der Waals surface area (Å²) >= 11 is 0. The minimum Gasteiger partial charge on any atom is -0.369 e. The van der Waals surface area contributed by atoms with E-state index < -0.39 is 0 Å². The first-order valence-corrected chi connectivity index (χ1v) is 5.82. The Hall–Kier alpha value is -2.30. The van der Waals surface area contributed by atoms with Crippen LogP contribution in [-0.4, -0.2) is 19.3 Å². The number of nitrogens with two attached hydrogens (primary N) is 1. The van der Waals surface area contributed by atoms with Crippen LogP contribution in [0.15, 0.2) is 24.3 Å². The fourth-order valence-electron chi connectivity index (χ4n) is 2.10. The second kappa shape index (κ2) is 3.60. The van der Waals surface area contributed by atoms with Crippen molar-refractivity contribution in [2.24, 2.45) is 7.05 Å². The lowest BCUT2D eigenvalue weighted by Gasteiger charge is -2.02. The summed E-state index contributed by atoms with van der Waals surface area (Å²) in [6.45, 7) is 4.06. The molecule has 92 valence electrons. The van der Waals surface area contributed by atoms with Crippen LogP contribution in [0.1, 0.15) is 11.3 Å². The topological polar surface area (TPSA) is 61.7 Å². The third-order valence-electron chi connectivity index (χ3n) is 3.17. The van der Waals surface area contributed by atoms with Crippen LogP contribution < -0.4 is 5.73 Å². The Morgan fingerprint density at radius 3 is 2.61 bits per heavy atom. The molecule has 0 saturated carbocycles. The summed E-state index contributed by atoms with van der Waals surface area (Å²) in [5, 5.41) is 4.45. The van der Waals surface area contributed by atoms with E-state index in [9.17, 15) is 0 Å². The first-order chi connectivity index (χ1) is 8.56. The van der Waals surface area contributed by atoms with E-state index in [0.29, 0.717) is 5.95 Å². The van der Waals surface area contributed by atoms with Gasteiger partial charge in [0.2, 0.25) is 5.95 Å². The minimum atomic E-state index is 0.466. The van der Waals surface area contributed by atoms with Crippen LogP contribution in [0.3, 0.4) is 0 Å². The molecule has 2 aromatic heterocycles. The van der Waals surface area contributed by atoms with E-state index in [2.05, 4.69) is 23.1 Å². The van der Waals surface area contributed by atoms with Gasteiger partial charge in [0.15, 0.2) is 5.82 Å². The maximum Gasteiger partial charge on any atom is 0.207 e.